The monoisotopic (exact) mass is 280 g/mol. The zero-order chi connectivity index (χ0) is 14.5. The van der Waals surface area contributed by atoms with Crippen molar-refractivity contribution in [2.45, 2.75) is 78.1 Å². The van der Waals surface area contributed by atoms with E-state index in [4.69, 9.17) is 0 Å². The van der Waals surface area contributed by atoms with Crippen molar-refractivity contribution in [3.8, 4) is 0 Å². The first kappa shape index (κ1) is 15.4. The Kier molecular flexibility index (Phi) is 5.54. The number of likely N-dealkylation sites (tertiary alicyclic amines) is 1. The fourth-order valence-corrected chi connectivity index (χ4v) is 3.16. The van der Waals surface area contributed by atoms with Crippen LogP contribution in [0.5, 0.6) is 0 Å². The molecule has 1 aromatic rings. The molecule has 2 unspecified atom stereocenters. The maximum Gasteiger partial charge on any atom is 0.147 e. The van der Waals surface area contributed by atoms with Gasteiger partial charge in [-0.05, 0) is 39.2 Å². The van der Waals surface area contributed by atoms with Crippen LogP contribution in [0, 0.1) is 6.92 Å². The highest BCUT2D eigenvalue weighted by atomic mass is 16.3. The molecular formula is C15H28N4O. The molecule has 2 atom stereocenters. The van der Waals surface area contributed by atoms with Gasteiger partial charge >= 0.3 is 0 Å². The molecule has 1 fully saturated rings. The van der Waals surface area contributed by atoms with Crippen LogP contribution in [0.25, 0.3) is 0 Å². The van der Waals surface area contributed by atoms with Crippen LogP contribution in [0.15, 0.2) is 0 Å². The normalized spacial score (nSPS) is 22.1. The van der Waals surface area contributed by atoms with Crippen molar-refractivity contribution in [2.75, 3.05) is 6.54 Å². The molecule has 5 nitrogen and oxygen atoms in total. The van der Waals surface area contributed by atoms with E-state index in [0.717, 1.165) is 50.5 Å². The molecule has 0 aromatic carbocycles. The molecule has 0 radical (unpaired) electrons. The molecule has 5 heteroatoms. The molecule has 20 heavy (non-hydrogen) atoms. The largest absolute Gasteiger partial charge is 0.392 e. The van der Waals surface area contributed by atoms with E-state index < -0.39 is 0 Å². The van der Waals surface area contributed by atoms with Gasteiger partial charge in [-0.2, -0.15) is 0 Å². The molecule has 2 rings (SSSR count). The zero-order valence-corrected chi connectivity index (χ0v) is 13.0. The number of nitrogens with zero attached hydrogens (tertiary/aromatic N) is 4. The Morgan fingerprint density at radius 3 is 2.80 bits per heavy atom. The Morgan fingerprint density at radius 2 is 2.10 bits per heavy atom. The van der Waals surface area contributed by atoms with Gasteiger partial charge in [0.05, 0.1) is 12.6 Å². The molecule has 2 heterocycles. The van der Waals surface area contributed by atoms with Crippen molar-refractivity contribution >= 4 is 0 Å². The molecule has 0 aliphatic carbocycles. The third-order valence-electron chi connectivity index (χ3n) is 4.33. The summed E-state index contributed by atoms with van der Waals surface area (Å²) >= 11 is 0. The van der Waals surface area contributed by atoms with Gasteiger partial charge in [0, 0.05) is 12.6 Å². The second kappa shape index (κ2) is 7.18. The molecule has 1 aliphatic heterocycles. The highest BCUT2D eigenvalue weighted by molar-refractivity contribution is 4.96. The predicted octanol–water partition coefficient (Wildman–Crippen LogP) is 2.12. The molecule has 1 saturated heterocycles. The Morgan fingerprint density at radius 1 is 1.30 bits per heavy atom. The zero-order valence-electron chi connectivity index (χ0n) is 13.0. The summed E-state index contributed by atoms with van der Waals surface area (Å²) < 4.78 is 2.21. The molecule has 0 spiro atoms. The van der Waals surface area contributed by atoms with Gasteiger partial charge < -0.3 is 9.67 Å². The van der Waals surface area contributed by atoms with E-state index in [1.54, 1.807) is 0 Å². The summed E-state index contributed by atoms with van der Waals surface area (Å²) in [7, 11) is 0. The maximum atomic E-state index is 10.2. The minimum Gasteiger partial charge on any atom is -0.392 e. The van der Waals surface area contributed by atoms with Crippen LogP contribution in [0.2, 0.25) is 0 Å². The van der Waals surface area contributed by atoms with Gasteiger partial charge in [-0.1, -0.05) is 20.3 Å². The molecular weight excluding hydrogens is 252 g/mol. The number of hydrogen-bond donors (Lipinski definition) is 1. The van der Waals surface area contributed by atoms with E-state index in [2.05, 4.69) is 33.5 Å². The Bertz CT molecular complexity index is 418. The van der Waals surface area contributed by atoms with Crippen molar-refractivity contribution in [1.29, 1.82) is 0 Å². The quantitative estimate of drug-likeness (QED) is 0.867. The van der Waals surface area contributed by atoms with Crippen molar-refractivity contribution in [3.63, 3.8) is 0 Å². The van der Waals surface area contributed by atoms with E-state index in [-0.39, 0.29) is 12.1 Å². The number of aromatic nitrogens is 3. The van der Waals surface area contributed by atoms with Gasteiger partial charge in [-0.15, -0.1) is 10.2 Å². The number of aliphatic hydroxyl groups is 1. The Labute approximate surface area is 122 Å². The summed E-state index contributed by atoms with van der Waals surface area (Å²) in [5.41, 5.74) is 0. The number of aliphatic hydroxyl groups excluding tert-OH is 1. The first-order chi connectivity index (χ1) is 9.67. The van der Waals surface area contributed by atoms with Crippen LogP contribution in [0.3, 0.4) is 0 Å². The van der Waals surface area contributed by atoms with Gasteiger partial charge in [0.1, 0.15) is 11.6 Å². The lowest BCUT2D eigenvalue weighted by atomic mass is 9.96. The van der Waals surface area contributed by atoms with Crippen LogP contribution < -0.4 is 0 Å². The summed E-state index contributed by atoms with van der Waals surface area (Å²) in [6.07, 6.45) is 5.22. The maximum absolute atomic E-state index is 10.2. The van der Waals surface area contributed by atoms with Crippen LogP contribution in [-0.2, 0) is 13.1 Å². The molecule has 0 amide bonds. The van der Waals surface area contributed by atoms with E-state index in [0.29, 0.717) is 0 Å². The summed E-state index contributed by atoms with van der Waals surface area (Å²) in [4.78, 5) is 2.40. The minimum atomic E-state index is -0.223. The number of rotatable bonds is 6. The summed E-state index contributed by atoms with van der Waals surface area (Å²) in [6.45, 7) is 9.08. The summed E-state index contributed by atoms with van der Waals surface area (Å²) in [6, 6.07) is 0.279. The predicted molar refractivity (Wildman–Crippen MR) is 79.4 cm³/mol. The number of piperidine rings is 1. The lowest BCUT2D eigenvalue weighted by Gasteiger charge is -2.38. The second-order valence-electron chi connectivity index (χ2n) is 5.82. The van der Waals surface area contributed by atoms with Crippen LogP contribution in [-0.4, -0.2) is 43.5 Å². The lowest BCUT2D eigenvalue weighted by Crippen LogP contribution is -2.46. The van der Waals surface area contributed by atoms with Crippen molar-refractivity contribution in [3.05, 3.63) is 11.6 Å². The highest BCUT2D eigenvalue weighted by Crippen LogP contribution is 2.23. The number of hydrogen-bond acceptors (Lipinski definition) is 4. The highest BCUT2D eigenvalue weighted by Gasteiger charge is 2.28. The SMILES string of the molecule is CCCn1c(C)nnc1CN1CCCCC1C(O)CC. The van der Waals surface area contributed by atoms with Crippen molar-refractivity contribution in [2.24, 2.45) is 0 Å². The lowest BCUT2D eigenvalue weighted by molar-refractivity contribution is 0.0176. The Balaban J connectivity index is 2.10. The van der Waals surface area contributed by atoms with E-state index in [1.807, 2.05) is 6.92 Å². The molecule has 1 N–H and O–H groups in total. The van der Waals surface area contributed by atoms with E-state index >= 15 is 0 Å². The average molecular weight is 280 g/mol. The average Bonchev–Trinajstić information content (AvgIpc) is 2.80. The second-order valence-corrected chi connectivity index (χ2v) is 5.82. The first-order valence-electron chi connectivity index (χ1n) is 7.98. The van der Waals surface area contributed by atoms with Crippen molar-refractivity contribution in [1.82, 2.24) is 19.7 Å². The van der Waals surface area contributed by atoms with Gasteiger partial charge in [-0.3, -0.25) is 4.90 Å². The van der Waals surface area contributed by atoms with E-state index in [1.165, 1.54) is 12.8 Å². The van der Waals surface area contributed by atoms with Gasteiger partial charge in [0.2, 0.25) is 0 Å². The smallest absolute Gasteiger partial charge is 0.147 e. The molecule has 0 bridgehead atoms. The molecule has 1 aliphatic rings. The minimum absolute atomic E-state index is 0.223. The van der Waals surface area contributed by atoms with Crippen LogP contribution in [0.4, 0.5) is 0 Å². The molecule has 0 saturated carbocycles. The third-order valence-corrected chi connectivity index (χ3v) is 4.33. The first-order valence-corrected chi connectivity index (χ1v) is 7.98. The van der Waals surface area contributed by atoms with Crippen LogP contribution in [0.1, 0.15) is 57.6 Å². The third kappa shape index (κ3) is 3.38. The number of aryl methyl sites for hydroxylation is 1. The van der Waals surface area contributed by atoms with Gasteiger partial charge in [0.15, 0.2) is 0 Å². The Hall–Kier alpha value is -0.940. The summed E-state index contributed by atoms with van der Waals surface area (Å²) in [5, 5.41) is 18.8. The van der Waals surface area contributed by atoms with Gasteiger partial charge in [-0.25, -0.2) is 0 Å². The fraction of sp³-hybridized carbons (Fsp3) is 0.867. The van der Waals surface area contributed by atoms with E-state index in [9.17, 15) is 5.11 Å². The van der Waals surface area contributed by atoms with Crippen molar-refractivity contribution < 1.29 is 5.11 Å². The standard InChI is InChI=1S/C15H28N4O/c1-4-9-19-12(3)16-17-15(19)11-18-10-7-6-8-13(18)14(20)5-2/h13-14,20H,4-11H2,1-3H3. The topological polar surface area (TPSA) is 54.2 Å². The fourth-order valence-electron chi connectivity index (χ4n) is 3.16. The molecule has 114 valence electrons. The summed E-state index contributed by atoms with van der Waals surface area (Å²) in [5.74, 6) is 2.03. The molecule has 1 aromatic heterocycles. The van der Waals surface area contributed by atoms with Crippen LogP contribution >= 0.6 is 0 Å². The van der Waals surface area contributed by atoms with Gasteiger partial charge in [0.25, 0.3) is 0 Å².